The number of benzene rings is 1. The number of rotatable bonds is 6. The lowest BCUT2D eigenvalue weighted by Crippen LogP contribution is -2.05. The number of halogens is 2. The number of hydrogen-bond donors (Lipinski definition) is 0. The van der Waals surface area contributed by atoms with Gasteiger partial charge in [0.15, 0.2) is 0 Å². The molecule has 0 saturated heterocycles. The molecule has 2 aromatic heterocycles. The van der Waals surface area contributed by atoms with Crippen molar-refractivity contribution < 1.29 is 9.13 Å². The van der Waals surface area contributed by atoms with Gasteiger partial charge in [0.1, 0.15) is 11.3 Å². The van der Waals surface area contributed by atoms with Gasteiger partial charge in [0.2, 0.25) is 5.88 Å². The normalized spacial score (nSPS) is 11.1. The highest BCUT2D eigenvalue weighted by Crippen LogP contribution is 2.30. The zero-order valence-corrected chi connectivity index (χ0v) is 16.1. The maximum atomic E-state index is 13.0. The Morgan fingerprint density at radius 1 is 1.15 bits per heavy atom. The van der Waals surface area contributed by atoms with E-state index in [1.54, 1.807) is 18.3 Å². The summed E-state index contributed by atoms with van der Waals surface area (Å²) in [7, 11) is 0. The fourth-order valence-corrected chi connectivity index (χ4v) is 3.02. The number of ether oxygens (including phenoxy) is 1. The molecule has 0 saturated carbocycles. The quantitative estimate of drug-likeness (QED) is 0.539. The van der Waals surface area contributed by atoms with Crippen molar-refractivity contribution in [3.8, 4) is 5.88 Å². The van der Waals surface area contributed by atoms with Gasteiger partial charge in [0.25, 0.3) is 0 Å². The summed E-state index contributed by atoms with van der Waals surface area (Å²) in [4.78, 5) is 4.45. The van der Waals surface area contributed by atoms with E-state index in [4.69, 9.17) is 4.74 Å². The maximum Gasteiger partial charge on any atom is 0.238 e. The molecule has 0 aliphatic heterocycles. The maximum absolute atomic E-state index is 13.0. The summed E-state index contributed by atoms with van der Waals surface area (Å²) in [5, 5.41) is 1.17. The van der Waals surface area contributed by atoms with E-state index in [-0.39, 0.29) is 18.2 Å². The Morgan fingerprint density at radius 3 is 2.58 bits per heavy atom. The SMILES string of the molecule is CC=CCn1c(C)c(C)c2ccnc(OCCc3ccc(F)cc3)c21.Cl. The van der Waals surface area contributed by atoms with Gasteiger partial charge in [-0.3, -0.25) is 0 Å². The summed E-state index contributed by atoms with van der Waals surface area (Å²) in [6, 6.07) is 8.56. The molecule has 0 amide bonds. The molecule has 2 heterocycles. The molecule has 3 nitrogen and oxygen atoms in total. The van der Waals surface area contributed by atoms with Crippen LogP contribution in [0.3, 0.4) is 0 Å². The number of allylic oxidation sites excluding steroid dienone is 2. The van der Waals surface area contributed by atoms with Crippen LogP contribution >= 0.6 is 12.4 Å². The Hall–Kier alpha value is -2.33. The van der Waals surface area contributed by atoms with E-state index in [1.807, 2.05) is 19.1 Å². The Morgan fingerprint density at radius 2 is 1.88 bits per heavy atom. The molecule has 0 aliphatic rings. The number of fused-ring (bicyclic) bond motifs is 1. The minimum absolute atomic E-state index is 0. The van der Waals surface area contributed by atoms with Gasteiger partial charge in [-0.05, 0) is 50.1 Å². The number of pyridine rings is 1. The second kappa shape index (κ2) is 8.86. The van der Waals surface area contributed by atoms with Gasteiger partial charge in [0.05, 0.1) is 6.61 Å². The third-order valence-corrected chi connectivity index (χ3v) is 4.58. The summed E-state index contributed by atoms with van der Waals surface area (Å²) in [6.45, 7) is 7.58. The first-order valence-electron chi connectivity index (χ1n) is 8.54. The Kier molecular flexibility index (Phi) is 6.81. The minimum Gasteiger partial charge on any atom is -0.476 e. The minimum atomic E-state index is -0.219. The van der Waals surface area contributed by atoms with Crippen LogP contribution in [0.2, 0.25) is 0 Å². The average Bonchev–Trinajstić information content (AvgIpc) is 2.87. The van der Waals surface area contributed by atoms with E-state index >= 15 is 0 Å². The molecular formula is C21H24ClFN2O. The molecule has 3 rings (SSSR count). The topological polar surface area (TPSA) is 27.1 Å². The highest BCUT2D eigenvalue weighted by atomic mass is 35.5. The van der Waals surface area contributed by atoms with Crippen LogP contribution in [0.4, 0.5) is 4.39 Å². The van der Waals surface area contributed by atoms with Crippen molar-refractivity contribution in [3.63, 3.8) is 0 Å². The molecular weight excluding hydrogens is 351 g/mol. The molecule has 0 aliphatic carbocycles. The molecule has 3 aromatic rings. The number of aryl methyl sites for hydroxylation is 1. The summed E-state index contributed by atoms with van der Waals surface area (Å²) >= 11 is 0. The van der Waals surface area contributed by atoms with Crippen LogP contribution in [0, 0.1) is 19.7 Å². The van der Waals surface area contributed by atoms with Crippen molar-refractivity contribution in [1.29, 1.82) is 0 Å². The van der Waals surface area contributed by atoms with E-state index in [1.165, 1.54) is 28.8 Å². The summed E-state index contributed by atoms with van der Waals surface area (Å²) in [5.41, 5.74) is 4.56. The molecule has 0 fully saturated rings. The molecule has 138 valence electrons. The third kappa shape index (κ3) is 4.07. The van der Waals surface area contributed by atoms with Gasteiger partial charge in [-0.15, -0.1) is 12.4 Å². The molecule has 0 bridgehead atoms. The molecule has 0 spiro atoms. The van der Waals surface area contributed by atoms with Crippen molar-refractivity contribution in [3.05, 3.63) is 71.3 Å². The van der Waals surface area contributed by atoms with Crippen molar-refractivity contribution >= 4 is 23.3 Å². The predicted octanol–water partition coefficient (Wildman–Crippen LogP) is 5.41. The number of hydrogen-bond acceptors (Lipinski definition) is 2. The van der Waals surface area contributed by atoms with Crippen LogP contribution in [0.1, 0.15) is 23.7 Å². The Labute approximate surface area is 159 Å². The first-order chi connectivity index (χ1) is 12.1. The van der Waals surface area contributed by atoms with Crippen LogP contribution in [0.15, 0.2) is 48.7 Å². The van der Waals surface area contributed by atoms with Crippen molar-refractivity contribution in [1.82, 2.24) is 9.55 Å². The van der Waals surface area contributed by atoms with E-state index in [0.717, 1.165) is 17.6 Å². The molecule has 26 heavy (non-hydrogen) atoms. The van der Waals surface area contributed by atoms with Crippen LogP contribution in [0.25, 0.3) is 10.9 Å². The first-order valence-corrected chi connectivity index (χ1v) is 8.54. The summed E-state index contributed by atoms with van der Waals surface area (Å²) in [6.07, 6.45) is 6.68. The lowest BCUT2D eigenvalue weighted by molar-refractivity contribution is 0.312. The largest absolute Gasteiger partial charge is 0.476 e. The molecule has 0 unspecified atom stereocenters. The van der Waals surface area contributed by atoms with Crippen LogP contribution in [-0.4, -0.2) is 16.2 Å². The second-order valence-corrected chi connectivity index (χ2v) is 6.13. The fourth-order valence-electron chi connectivity index (χ4n) is 3.02. The van der Waals surface area contributed by atoms with Crippen molar-refractivity contribution in [2.24, 2.45) is 0 Å². The second-order valence-electron chi connectivity index (χ2n) is 6.13. The van der Waals surface area contributed by atoms with E-state index in [0.29, 0.717) is 18.9 Å². The van der Waals surface area contributed by atoms with E-state index in [2.05, 4.69) is 29.5 Å². The van der Waals surface area contributed by atoms with Crippen molar-refractivity contribution in [2.75, 3.05) is 6.61 Å². The monoisotopic (exact) mass is 374 g/mol. The van der Waals surface area contributed by atoms with E-state index in [9.17, 15) is 4.39 Å². The van der Waals surface area contributed by atoms with Crippen LogP contribution in [0.5, 0.6) is 5.88 Å². The summed E-state index contributed by atoms with van der Waals surface area (Å²) < 4.78 is 21.2. The first kappa shape index (κ1) is 20.0. The van der Waals surface area contributed by atoms with Gasteiger partial charge in [0, 0.05) is 30.2 Å². The Bertz CT molecular complexity index is 901. The zero-order chi connectivity index (χ0) is 17.8. The van der Waals surface area contributed by atoms with Crippen molar-refractivity contribution in [2.45, 2.75) is 33.7 Å². The van der Waals surface area contributed by atoms with Gasteiger partial charge in [-0.1, -0.05) is 24.3 Å². The zero-order valence-electron chi connectivity index (χ0n) is 15.3. The van der Waals surface area contributed by atoms with Gasteiger partial charge in [-0.2, -0.15) is 0 Å². The number of aromatic nitrogens is 2. The van der Waals surface area contributed by atoms with Crippen LogP contribution < -0.4 is 4.74 Å². The molecule has 5 heteroatoms. The summed E-state index contributed by atoms with van der Waals surface area (Å²) in [5.74, 6) is 0.434. The molecule has 1 aromatic carbocycles. The van der Waals surface area contributed by atoms with Gasteiger partial charge >= 0.3 is 0 Å². The Balaban J connectivity index is 0.00000243. The number of nitrogens with zero attached hydrogens (tertiary/aromatic N) is 2. The lowest BCUT2D eigenvalue weighted by atomic mass is 10.1. The van der Waals surface area contributed by atoms with E-state index < -0.39 is 0 Å². The third-order valence-electron chi connectivity index (χ3n) is 4.58. The molecule has 0 radical (unpaired) electrons. The van der Waals surface area contributed by atoms with Crippen LogP contribution in [-0.2, 0) is 13.0 Å². The molecule has 0 N–H and O–H groups in total. The van der Waals surface area contributed by atoms with Gasteiger partial charge < -0.3 is 9.30 Å². The average molecular weight is 375 g/mol. The smallest absolute Gasteiger partial charge is 0.238 e. The standard InChI is InChI=1S/C21H23FN2O.ClH/c1-4-5-13-24-16(3)15(2)19-10-12-23-21(20(19)24)25-14-11-17-6-8-18(22)9-7-17;/h4-10,12H,11,13-14H2,1-3H3;1H. The fraction of sp³-hybridized carbons (Fsp3) is 0.286. The predicted molar refractivity (Wildman–Crippen MR) is 107 cm³/mol. The molecule has 0 atom stereocenters. The lowest BCUT2D eigenvalue weighted by Gasteiger charge is -2.10. The van der Waals surface area contributed by atoms with Gasteiger partial charge in [-0.25, -0.2) is 9.37 Å². The highest BCUT2D eigenvalue weighted by Gasteiger charge is 2.15. The highest BCUT2D eigenvalue weighted by molar-refractivity contribution is 5.88.